The molecule has 1 fully saturated rings. The zero-order valence-electron chi connectivity index (χ0n) is 11.3. The Morgan fingerprint density at radius 3 is 2.78 bits per heavy atom. The van der Waals surface area contributed by atoms with Gasteiger partial charge in [0.1, 0.15) is 0 Å². The first-order valence-electron chi connectivity index (χ1n) is 6.67. The molecule has 2 rings (SSSR count). The highest BCUT2D eigenvalue weighted by Gasteiger charge is 2.33. The van der Waals surface area contributed by atoms with Crippen molar-refractivity contribution in [3.63, 3.8) is 0 Å². The van der Waals surface area contributed by atoms with Crippen molar-refractivity contribution in [2.24, 2.45) is 5.41 Å². The first-order valence-corrected chi connectivity index (χ1v) is 7.83. The van der Waals surface area contributed by atoms with E-state index in [1.807, 2.05) is 12.3 Å². The number of benzene rings is 1. The van der Waals surface area contributed by atoms with Crippen LogP contribution in [0, 0.1) is 5.41 Å². The van der Waals surface area contributed by atoms with Gasteiger partial charge < -0.3 is 4.74 Å². The van der Waals surface area contributed by atoms with E-state index in [1.165, 1.54) is 35.5 Å². The molecule has 0 aliphatic carbocycles. The van der Waals surface area contributed by atoms with Gasteiger partial charge in [-0.3, -0.25) is 0 Å². The summed E-state index contributed by atoms with van der Waals surface area (Å²) in [5, 5.41) is 0. The Bertz CT molecular complexity index is 391. The van der Waals surface area contributed by atoms with Gasteiger partial charge in [-0.25, -0.2) is 0 Å². The number of hydrogen-bond donors (Lipinski definition) is 0. The molecule has 2 heteroatoms. The standard InChI is InChI=1S/C16H22OS/c1-3-16(9-10-18-13-16)12-17-11-14(2)15-7-5-4-6-8-15/h4-8,11H,3,9-10,12-13H2,1-2H3/b14-11-. The minimum Gasteiger partial charge on any atom is -0.500 e. The van der Waals surface area contributed by atoms with E-state index in [0.717, 1.165) is 6.61 Å². The van der Waals surface area contributed by atoms with Crippen molar-refractivity contribution in [1.29, 1.82) is 0 Å². The summed E-state index contributed by atoms with van der Waals surface area (Å²) in [6.45, 7) is 5.25. The molecule has 1 unspecified atom stereocenters. The van der Waals surface area contributed by atoms with Gasteiger partial charge in [0, 0.05) is 11.2 Å². The van der Waals surface area contributed by atoms with E-state index in [9.17, 15) is 0 Å². The summed E-state index contributed by atoms with van der Waals surface area (Å²) in [6, 6.07) is 10.4. The highest BCUT2D eigenvalue weighted by molar-refractivity contribution is 7.99. The number of rotatable bonds is 5. The fourth-order valence-corrected chi connectivity index (χ4v) is 3.84. The lowest BCUT2D eigenvalue weighted by atomic mass is 9.86. The molecule has 0 N–H and O–H groups in total. The van der Waals surface area contributed by atoms with Crippen LogP contribution in [0.1, 0.15) is 32.3 Å². The molecule has 1 heterocycles. The lowest BCUT2D eigenvalue weighted by Crippen LogP contribution is -2.24. The van der Waals surface area contributed by atoms with E-state index < -0.39 is 0 Å². The van der Waals surface area contributed by atoms with Crippen LogP contribution in [0.3, 0.4) is 0 Å². The molecule has 1 nitrogen and oxygen atoms in total. The second kappa shape index (κ2) is 6.33. The maximum atomic E-state index is 5.85. The van der Waals surface area contributed by atoms with Crippen LogP contribution in [-0.4, -0.2) is 18.1 Å². The van der Waals surface area contributed by atoms with Gasteiger partial charge in [-0.15, -0.1) is 0 Å². The number of hydrogen-bond acceptors (Lipinski definition) is 2. The van der Waals surface area contributed by atoms with Gasteiger partial charge in [0.15, 0.2) is 0 Å². The van der Waals surface area contributed by atoms with E-state index >= 15 is 0 Å². The normalized spacial score (nSPS) is 24.2. The van der Waals surface area contributed by atoms with E-state index in [4.69, 9.17) is 4.74 Å². The predicted octanol–water partition coefficient (Wildman–Crippen LogP) is 4.60. The molecule has 0 amide bonds. The smallest absolute Gasteiger partial charge is 0.0937 e. The maximum absolute atomic E-state index is 5.85. The van der Waals surface area contributed by atoms with Gasteiger partial charge in [-0.05, 0) is 36.7 Å². The lowest BCUT2D eigenvalue weighted by Gasteiger charge is -2.25. The van der Waals surface area contributed by atoms with Gasteiger partial charge in [-0.1, -0.05) is 37.3 Å². The highest BCUT2D eigenvalue weighted by atomic mass is 32.2. The molecule has 1 aliphatic rings. The number of thioether (sulfide) groups is 1. The highest BCUT2D eigenvalue weighted by Crippen LogP contribution is 2.39. The van der Waals surface area contributed by atoms with Crippen molar-refractivity contribution in [2.45, 2.75) is 26.7 Å². The number of allylic oxidation sites excluding steroid dienone is 1. The Hall–Kier alpha value is -0.890. The van der Waals surface area contributed by atoms with Crippen molar-refractivity contribution >= 4 is 17.3 Å². The van der Waals surface area contributed by atoms with E-state index in [-0.39, 0.29) is 0 Å². The van der Waals surface area contributed by atoms with Gasteiger partial charge >= 0.3 is 0 Å². The molecule has 0 bridgehead atoms. The second-order valence-electron chi connectivity index (χ2n) is 5.13. The molecule has 1 atom stereocenters. The third kappa shape index (κ3) is 3.32. The monoisotopic (exact) mass is 262 g/mol. The van der Waals surface area contributed by atoms with Crippen molar-refractivity contribution in [3.8, 4) is 0 Å². The van der Waals surface area contributed by atoms with Gasteiger partial charge in [0.25, 0.3) is 0 Å². The molecule has 98 valence electrons. The summed E-state index contributed by atoms with van der Waals surface area (Å²) < 4.78 is 5.85. The molecule has 0 saturated carbocycles. The molecular weight excluding hydrogens is 240 g/mol. The first kappa shape index (κ1) is 13.5. The Balaban J connectivity index is 1.91. The van der Waals surface area contributed by atoms with Crippen LogP contribution in [0.15, 0.2) is 36.6 Å². The Morgan fingerprint density at radius 1 is 1.39 bits per heavy atom. The van der Waals surface area contributed by atoms with Crippen molar-refractivity contribution in [3.05, 3.63) is 42.2 Å². The van der Waals surface area contributed by atoms with Crippen molar-refractivity contribution in [2.75, 3.05) is 18.1 Å². The van der Waals surface area contributed by atoms with Crippen LogP contribution in [0.4, 0.5) is 0 Å². The summed E-state index contributed by atoms with van der Waals surface area (Å²) in [7, 11) is 0. The molecule has 1 aromatic rings. The van der Waals surface area contributed by atoms with E-state index in [1.54, 1.807) is 0 Å². The molecule has 18 heavy (non-hydrogen) atoms. The number of ether oxygens (including phenoxy) is 1. The summed E-state index contributed by atoms with van der Waals surface area (Å²) in [4.78, 5) is 0. The summed E-state index contributed by atoms with van der Waals surface area (Å²) in [6.07, 6.45) is 4.44. The fraction of sp³-hybridized carbons (Fsp3) is 0.500. The third-order valence-electron chi connectivity index (χ3n) is 3.81. The Kier molecular flexibility index (Phi) is 4.76. The van der Waals surface area contributed by atoms with Crippen LogP contribution in [-0.2, 0) is 4.74 Å². The fourth-order valence-electron chi connectivity index (χ4n) is 2.26. The Morgan fingerprint density at radius 2 is 2.17 bits per heavy atom. The summed E-state index contributed by atoms with van der Waals surface area (Å²) in [5.41, 5.74) is 2.86. The van der Waals surface area contributed by atoms with Crippen LogP contribution >= 0.6 is 11.8 Å². The largest absolute Gasteiger partial charge is 0.500 e. The molecule has 1 aliphatic heterocycles. The average molecular weight is 262 g/mol. The molecular formula is C16H22OS. The van der Waals surface area contributed by atoms with E-state index in [2.05, 4.69) is 49.9 Å². The molecule has 0 spiro atoms. The summed E-state index contributed by atoms with van der Waals surface area (Å²) >= 11 is 2.06. The van der Waals surface area contributed by atoms with Crippen LogP contribution in [0.5, 0.6) is 0 Å². The van der Waals surface area contributed by atoms with Gasteiger partial charge in [0.05, 0.1) is 12.9 Å². The topological polar surface area (TPSA) is 9.23 Å². The summed E-state index contributed by atoms with van der Waals surface area (Å²) in [5.74, 6) is 2.54. The SMILES string of the molecule is CCC1(CO/C=C(/C)c2ccccc2)CCSC1. The quantitative estimate of drug-likeness (QED) is 0.717. The molecule has 1 aromatic carbocycles. The van der Waals surface area contributed by atoms with Gasteiger partial charge in [-0.2, -0.15) is 11.8 Å². The second-order valence-corrected chi connectivity index (χ2v) is 6.24. The molecule has 0 aromatic heterocycles. The zero-order valence-corrected chi connectivity index (χ0v) is 12.1. The third-order valence-corrected chi connectivity index (χ3v) is 5.12. The Labute approximate surface area is 115 Å². The first-order chi connectivity index (χ1) is 8.76. The maximum Gasteiger partial charge on any atom is 0.0937 e. The zero-order chi connectivity index (χ0) is 12.8. The predicted molar refractivity (Wildman–Crippen MR) is 80.7 cm³/mol. The molecule has 0 radical (unpaired) electrons. The van der Waals surface area contributed by atoms with E-state index in [0.29, 0.717) is 5.41 Å². The lowest BCUT2D eigenvalue weighted by molar-refractivity contribution is 0.125. The molecule has 1 saturated heterocycles. The van der Waals surface area contributed by atoms with Gasteiger partial charge in [0.2, 0.25) is 0 Å². The van der Waals surface area contributed by atoms with Crippen molar-refractivity contribution < 1.29 is 4.74 Å². The van der Waals surface area contributed by atoms with Crippen molar-refractivity contribution in [1.82, 2.24) is 0 Å². The van der Waals surface area contributed by atoms with Crippen LogP contribution < -0.4 is 0 Å². The minimum atomic E-state index is 0.415. The average Bonchev–Trinajstić information content (AvgIpc) is 2.89. The van der Waals surface area contributed by atoms with Crippen LogP contribution in [0.25, 0.3) is 5.57 Å². The minimum absolute atomic E-state index is 0.415. The van der Waals surface area contributed by atoms with Crippen LogP contribution in [0.2, 0.25) is 0 Å².